The highest BCUT2D eigenvalue weighted by molar-refractivity contribution is 8.13. The molecule has 0 aliphatic heterocycles. The summed E-state index contributed by atoms with van der Waals surface area (Å²) in [7, 11) is 0.589. The summed E-state index contributed by atoms with van der Waals surface area (Å²) in [4.78, 5) is 30.2. The van der Waals surface area contributed by atoms with Gasteiger partial charge in [0, 0.05) is 10.7 Å². The molecule has 1 rings (SSSR count). The van der Waals surface area contributed by atoms with Gasteiger partial charge in [-0.1, -0.05) is 0 Å². The fraction of sp³-hybridized carbons (Fsp3) is 0.167. The molecule has 0 unspecified atom stereocenters. The van der Waals surface area contributed by atoms with Gasteiger partial charge >= 0.3 is 11.8 Å². The molecule has 0 spiro atoms. The van der Waals surface area contributed by atoms with E-state index in [9.17, 15) is 28.1 Å². The number of nitrogens with zero attached hydrogens (tertiary/aromatic N) is 3. The maximum absolute atomic E-state index is 11.1. The van der Waals surface area contributed by atoms with Crippen LogP contribution in [0.1, 0.15) is 0 Å². The molecule has 13 heteroatoms. The van der Waals surface area contributed by atoms with Crippen molar-refractivity contribution in [1.82, 2.24) is 15.1 Å². The summed E-state index contributed by atoms with van der Waals surface area (Å²) in [5, 5.41) is 15.5. The predicted octanol–water partition coefficient (Wildman–Crippen LogP) is -1.09. The predicted molar refractivity (Wildman–Crippen MR) is 59.6 cm³/mol. The van der Waals surface area contributed by atoms with Crippen LogP contribution in [0.5, 0.6) is 0 Å². The minimum absolute atomic E-state index is 0.643. The molecule has 0 radical (unpaired) electrons. The van der Waals surface area contributed by atoms with Crippen LogP contribution in [-0.2, 0) is 20.4 Å². The van der Waals surface area contributed by atoms with Gasteiger partial charge in [-0.2, -0.15) is 4.68 Å². The molecule has 0 aliphatic carbocycles. The van der Waals surface area contributed by atoms with Crippen LogP contribution >= 0.6 is 10.7 Å². The third-order valence-corrected chi connectivity index (χ3v) is 3.03. The minimum atomic E-state index is -4.39. The fourth-order valence-electron chi connectivity index (χ4n) is 1.10. The second kappa shape index (κ2) is 5.19. The van der Waals surface area contributed by atoms with E-state index in [1.165, 1.54) is 0 Å². The van der Waals surface area contributed by atoms with E-state index >= 15 is 0 Å². The summed E-state index contributed by atoms with van der Waals surface area (Å²) in [6.45, 7) is -0.643. The third kappa shape index (κ3) is 3.89. The van der Waals surface area contributed by atoms with E-state index in [-0.39, 0.29) is 0 Å². The maximum atomic E-state index is 11.1. The largest absolute Gasteiger partial charge is 0.410 e. The zero-order chi connectivity index (χ0) is 14.8. The van der Waals surface area contributed by atoms with Gasteiger partial charge in [-0.15, -0.1) is 0 Å². The van der Waals surface area contributed by atoms with Crippen LogP contribution in [0.2, 0.25) is 0 Å². The molecule has 0 saturated heterocycles. The molecule has 0 atom stereocenters. The Balaban J connectivity index is 3.09. The van der Waals surface area contributed by atoms with E-state index in [0.717, 1.165) is 0 Å². The lowest BCUT2D eigenvalue weighted by atomic mass is 10.6. The highest BCUT2D eigenvalue weighted by atomic mass is 35.7. The molecule has 0 saturated carbocycles. The van der Waals surface area contributed by atoms with Crippen molar-refractivity contribution in [2.24, 2.45) is 5.73 Å². The number of carbonyl (C=O) groups excluding carboxylic acids is 2. The van der Waals surface area contributed by atoms with E-state index in [1.807, 2.05) is 0 Å². The normalized spacial score (nSPS) is 11.0. The molecule has 3 N–H and O–H groups in total. The highest BCUT2D eigenvalue weighted by Crippen LogP contribution is 2.24. The van der Waals surface area contributed by atoms with Crippen LogP contribution in [0.4, 0.5) is 10.6 Å². The van der Waals surface area contributed by atoms with Crippen molar-refractivity contribution >= 4 is 37.5 Å². The standard InChI is InChI=1S/C6H6ClN5O6S/c7-19(17,18)3-1-11(10-5(3)12(15)16)2-4(13)9-6(8)14/h1H,2H2,(H3,8,9,13,14). The Bertz CT molecular complexity index is 651. The average Bonchev–Trinajstić information content (AvgIpc) is 2.59. The lowest BCUT2D eigenvalue weighted by Gasteiger charge is -1.97. The molecule has 19 heavy (non-hydrogen) atoms. The topological polar surface area (TPSA) is 167 Å². The van der Waals surface area contributed by atoms with Crippen LogP contribution in [0.3, 0.4) is 0 Å². The third-order valence-electron chi connectivity index (χ3n) is 1.71. The van der Waals surface area contributed by atoms with Gasteiger partial charge in [0.25, 0.3) is 15.0 Å². The molecular formula is C6H6ClN5O6S. The van der Waals surface area contributed by atoms with Crippen LogP contribution in [0, 0.1) is 10.1 Å². The molecule has 0 aliphatic rings. The second-order valence-electron chi connectivity index (χ2n) is 3.12. The number of nitrogens with one attached hydrogen (secondary N) is 1. The Hall–Kier alpha value is -2.21. The number of carbonyl (C=O) groups is 2. The van der Waals surface area contributed by atoms with Crippen molar-refractivity contribution in [2.75, 3.05) is 0 Å². The molecule has 0 aromatic carbocycles. The molecule has 0 fully saturated rings. The number of rotatable bonds is 4. The minimum Gasteiger partial charge on any atom is -0.358 e. The lowest BCUT2D eigenvalue weighted by Crippen LogP contribution is -2.37. The summed E-state index contributed by atoms with van der Waals surface area (Å²) in [6, 6.07) is -1.13. The Labute approximate surface area is 109 Å². The first-order valence-corrected chi connectivity index (χ1v) is 6.68. The number of primary amides is 1. The first kappa shape index (κ1) is 14.8. The number of nitro groups is 1. The van der Waals surface area contributed by atoms with Gasteiger partial charge in [0.1, 0.15) is 6.54 Å². The van der Waals surface area contributed by atoms with Crippen LogP contribution in [0.25, 0.3) is 0 Å². The summed E-state index contributed by atoms with van der Waals surface area (Å²) in [5.41, 5.74) is 4.67. The monoisotopic (exact) mass is 311 g/mol. The Morgan fingerprint density at radius 2 is 2.16 bits per heavy atom. The summed E-state index contributed by atoms with van der Waals surface area (Å²) >= 11 is 0. The van der Waals surface area contributed by atoms with Crippen LogP contribution in [0.15, 0.2) is 11.1 Å². The molecular weight excluding hydrogens is 306 g/mol. The van der Waals surface area contributed by atoms with E-state index in [1.54, 1.807) is 5.32 Å². The smallest absolute Gasteiger partial charge is 0.358 e. The fourth-order valence-corrected chi connectivity index (χ4v) is 2.00. The number of nitrogens with two attached hydrogens (primary N) is 1. The van der Waals surface area contributed by atoms with Crippen molar-refractivity contribution in [1.29, 1.82) is 0 Å². The quantitative estimate of drug-likeness (QED) is 0.404. The van der Waals surface area contributed by atoms with E-state index in [4.69, 9.17) is 10.7 Å². The summed E-state index contributed by atoms with van der Waals surface area (Å²) in [6.07, 6.45) is 0.695. The number of halogens is 1. The first-order valence-electron chi connectivity index (χ1n) is 4.37. The molecule has 1 aromatic heterocycles. The van der Waals surface area contributed by atoms with E-state index < -0.39 is 43.2 Å². The van der Waals surface area contributed by atoms with Crippen molar-refractivity contribution in [3.63, 3.8) is 0 Å². The molecule has 1 aromatic rings. The highest BCUT2D eigenvalue weighted by Gasteiger charge is 2.30. The van der Waals surface area contributed by atoms with Gasteiger partial charge in [0.15, 0.2) is 0 Å². The number of hydrogen-bond acceptors (Lipinski definition) is 7. The zero-order valence-corrected chi connectivity index (χ0v) is 10.5. The zero-order valence-electron chi connectivity index (χ0n) is 8.94. The average molecular weight is 312 g/mol. The van der Waals surface area contributed by atoms with Crippen molar-refractivity contribution < 1.29 is 22.9 Å². The molecule has 104 valence electrons. The van der Waals surface area contributed by atoms with Crippen molar-refractivity contribution in [3.8, 4) is 0 Å². The van der Waals surface area contributed by atoms with Crippen LogP contribution < -0.4 is 11.1 Å². The van der Waals surface area contributed by atoms with Gasteiger partial charge in [-0.3, -0.25) is 10.1 Å². The van der Waals surface area contributed by atoms with Gasteiger partial charge < -0.3 is 15.8 Å². The SMILES string of the molecule is NC(=O)NC(=O)Cn1cc(S(=O)(=O)Cl)c([N+](=O)[O-])n1. The van der Waals surface area contributed by atoms with Gasteiger partial charge in [-0.05, 0) is 4.92 Å². The van der Waals surface area contributed by atoms with Gasteiger partial charge in [0.05, 0.1) is 11.3 Å². The van der Waals surface area contributed by atoms with Crippen LogP contribution in [-0.4, -0.2) is 35.1 Å². The number of amides is 3. The molecule has 1 heterocycles. The lowest BCUT2D eigenvalue weighted by molar-refractivity contribution is -0.392. The van der Waals surface area contributed by atoms with E-state index in [2.05, 4.69) is 10.8 Å². The molecule has 11 nitrogen and oxygen atoms in total. The summed E-state index contributed by atoms with van der Waals surface area (Å²) < 4.78 is 22.8. The number of hydrogen-bond donors (Lipinski definition) is 2. The van der Waals surface area contributed by atoms with Crippen molar-refractivity contribution in [3.05, 3.63) is 16.3 Å². The van der Waals surface area contributed by atoms with E-state index in [0.29, 0.717) is 10.9 Å². The van der Waals surface area contributed by atoms with Gasteiger partial charge in [-0.25, -0.2) is 13.2 Å². The first-order chi connectivity index (χ1) is 8.61. The summed E-state index contributed by atoms with van der Waals surface area (Å²) in [5.74, 6) is -1.95. The van der Waals surface area contributed by atoms with Crippen molar-refractivity contribution in [2.45, 2.75) is 11.4 Å². The molecule has 0 bridgehead atoms. The Kier molecular flexibility index (Phi) is 4.06. The molecule has 3 amide bonds. The second-order valence-corrected chi connectivity index (χ2v) is 5.66. The maximum Gasteiger partial charge on any atom is 0.410 e. The Morgan fingerprint density at radius 3 is 2.53 bits per heavy atom. The van der Waals surface area contributed by atoms with Gasteiger partial charge in [0.2, 0.25) is 4.90 Å². The Morgan fingerprint density at radius 1 is 1.58 bits per heavy atom. The number of imide groups is 1. The number of aromatic nitrogens is 2. The number of urea groups is 1.